The van der Waals surface area contributed by atoms with Crippen molar-refractivity contribution in [2.75, 3.05) is 11.2 Å². The van der Waals surface area contributed by atoms with Gasteiger partial charge in [-0.15, -0.1) is 10.2 Å². The minimum absolute atomic E-state index is 0.0578. The van der Waals surface area contributed by atoms with Crippen molar-refractivity contribution < 1.29 is 17.6 Å². The Morgan fingerprint density at radius 1 is 1.15 bits per heavy atom. The molecule has 0 spiro atoms. The first kappa shape index (κ1) is 22.3. The third-order valence-electron chi connectivity index (χ3n) is 4.96. The summed E-state index contributed by atoms with van der Waals surface area (Å²) in [6.45, 7) is 1.82. The molecule has 4 aromatic rings. The third-order valence-corrected chi connectivity index (χ3v) is 6.08. The first-order valence-electron chi connectivity index (χ1n) is 9.78. The van der Waals surface area contributed by atoms with Gasteiger partial charge in [0, 0.05) is 24.6 Å². The van der Waals surface area contributed by atoms with E-state index in [0.29, 0.717) is 22.5 Å². The van der Waals surface area contributed by atoms with Crippen molar-refractivity contribution in [3.8, 4) is 11.4 Å². The van der Waals surface area contributed by atoms with Crippen LogP contribution in [0.25, 0.3) is 11.4 Å². The van der Waals surface area contributed by atoms with Crippen LogP contribution < -0.4 is 4.90 Å². The Labute approximate surface area is 189 Å². The number of H-pyrrole nitrogens is 1. The van der Waals surface area contributed by atoms with E-state index in [1.54, 1.807) is 38.2 Å². The summed E-state index contributed by atoms with van der Waals surface area (Å²) in [5, 5.41) is 17.8. The molecule has 0 bridgehead atoms. The summed E-state index contributed by atoms with van der Waals surface area (Å²) >= 11 is 0. The Morgan fingerprint density at radius 2 is 1.88 bits per heavy atom. The molecular formula is C21H20FN7O3S. The van der Waals surface area contributed by atoms with E-state index in [-0.39, 0.29) is 23.0 Å². The van der Waals surface area contributed by atoms with E-state index in [4.69, 9.17) is 0 Å². The van der Waals surface area contributed by atoms with Crippen molar-refractivity contribution >= 4 is 21.4 Å². The van der Waals surface area contributed by atoms with E-state index in [1.165, 1.54) is 33.8 Å². The highest BCUT2D eigenvalue weighted by atomic mass is 32.2. The molecular weight excluding hydrogens is 449 g/mol. The summed E-state index contributed by atoms with van der Waals surface area (Å²) in [7, 11) is -1.71. The van der Waals surface area contributed by atoms with Crippen LogP contribution in [0.5, 0.6) is 0 Å². The fourth-order valence-corrected chi connectivity index (χ4v) is 4.03. The van der Waals surface area contributed by atoms with Crippen LogP contribution in [0, 0.1) is 12.7 Å². The summed E-state index contributed by atoms with van der Waals surface area (Å²) in [5.74, 6) is -0.814. The van der Waals surface area contributed by atoms with Gasteiger partial charge < -0.3 is 4.90 Å². The highest BCUT2D eigenvalue weighted by molar-refractivity contribution is 7.90. The van der Waals surface area contributed by atoms with Crippen molar-refractivity contribution in [2.45, 2.75) is 18.4 Å². The Balaban J connectivity index is 1.78. The highest BCUT2D eigenvalue weighted by Gasteiger charge is 2.23. The molecule has 0 fully saturated rings. The third kappa shape index (κ3) is 4.80. The second-order valence-corrected chi connectivity index (χ2v) is 9.55. The lowest BCUT2D eigenvalue weighted by Gasteiger charge is -2.24. The van der Waals surface area contributed by atoms with Gasteiger partial charge in [0.15, 0.2) is 9.84 Å². The van der Waals surface area contributed by atoms with Gasteiger partial charge in [0.25, 0.3) is 5.91 Å². The molecule has 1 N–H and O–H groups in total. The van der Waals surface area contributed by atoms with Crippen LogP contribution in [0.3, 0.4) is 0 Å². The highest BCUT2D eigenvalue weighted by Crippen LogP contribution is 2.27. The van der Waals surface area contributed by atoms with E-state index in [1.807, 2.05) is 0 Å². The van der Waals surface area contributed by atoms with Crippen molar-refractivity contribution in [2.24, 2.45) is 7.05 Å². The fourth-order valence-electron chi connectivity index (χ4n) is 3.40. The van der Waals surface area contributed by atoms with Crippen LogP contribution in [-0.4, -0.2) is 51.0 Å². The van der Waals surface area contributed by atoms with Crippen molar-refractivity contribution in [1.29, 1.82) is 0 Å². The SMILES string of the molecule is Cc1cc(C(=O)N(Cc2ccc(S(C)(=O)=O)cc2)c2cc(F)cc(-c3nn[nH]n3)c2)n(C)n1. The van der Waals surface area contributed by atoms with E-state index in [2.05, 4.69) is 25.7 Å². The maximum absolute atomic E-state index is 14.5. The number of rotatable bonds is 6. The molecule has 0 aliphatic rings. The summed E-state index contributed by atoms with van der Waals surface area (Å²) < 4.78 is 39.5. The molecule has 0 atom stereocenters. The molecule has 2 heterocycles. The van der Waals surface area contributed by atoms with Crippen LogP contribution in [-0.2, 0) is 23.4 Å². The van der Waals surface area contributed by atoms with E-state index < -0.39 is 21.6 Å². The van der Waals surface area contributed by atoms with Gasteiger partial charge in [0.2, 0.25) is 5.82 Å². The molecule has 0 unspecified atom stereocenters. The van der Waals surface area contributed by atoms with E-state index in [0.717, 1.165) is 6.26 Å². The Morgan fingerprint density at radius 3 is 2.45 bits per heavy atom. The van der Waals surface area contributed by atoms with E-state index in [9.17, 15) is 17.6 Å². The van der Waals surface area contributed by atoms with E-state index >= 15 is 0 Å². The van der Waals surface area contributed by atoms with Gasteiger partial charge in [-0.3, -0.25) is 9.48 Å². The number of hydrogen-bond donors (Lipinski definition) is 1. The largest absolute Gasteiger partial charge is 0.302 e. The number of hydrogen-bond acceptors (Lipinski definition) is 7. The van der Waals surface area contributed by atoms with Gasteiger partial charge in [0.1, 0.15) is 11.5 Å². The Kier molecular flexibility index (Phi) is 5.77. The zero-order valence-corrected chi connectivity index (χ0v) is 18.8. The minimum Gasteiger partial charge on any atom is -0.302 e. The number of aryl methyl sites for hydroxylation is 2. The predicted octanol–water partition coefficient (Wildman–Crippen LogP) is 2.30. The maximum atomic E-state index is 14.5. The predicted molar refractivity (Wildman–Crippen MR) is 118 cm³/mol. The van der Waals surface area contributed by atoms with Crippen LogP contribution in [0.4, 0.5) is 10.1 Å². The van der Waals surface area contributed by atoms with Gasteiger partial charge in [0.05, 0.1) is 17.1 Å². The number of sulfone groups is 1. The summed E-state index contributed by atoms with van der Waals surface area (Å²) in [6.07, 6.45) is 1.12. The smallest absolute Gasteiger partial charge is 0.276 e. The average molecular weight is 470 g/mol. The Hall–Kier alpha value is -3.93. The number of nitrogens with zero attached hydrogens (tertiary/aromatic N) is 6. The van der Waals surface area contributed by atoms with Crippen LogP contribution in [0.15, 0.2) is 53.4 Å². The lowest BCUT2D eigenvalue weighted by atomic mass is 10.1. The van der Waals surface area contributed by atoms with Crippen molar-refractivity contribution in [3.63, 3.8) is 0 Å². The number of carbonyl (C=O) groups is 1. The quantitative estimate of drug-likeness (QED) is 0.459. The molecule has 0 radical (unpaired) electrons. The molecule has 12 heteroatoms. The Bertz CT molecular complexity index is 1410. The fraction of sp³-hybridized carbons (Fsp3) is 0.190. The van der Waals surface area contributed by atoms with Crippen LogP contribution >= 0.6 is 0 Å². The zero-order valence-electron chi connectivity index (χ0n) is 18.0. The summed E-state index contributed by atoms with van der Waals surface area (Å²) in [4.78, 5) is 15.1. The molecule has 2 aromatic heterocycles. The number of anilines is 1. The average Bonchev–Trinajstić information content (AvgIpc) is 3.40. The molecule has 1 amide bonds. The first-order valence-corrected chi connectivity index (χ1v) is 11.7. The number of tetrazole rings is 1. The standard InChI is InChI=1S/C21H20FN7O3S/c1-13-8-19(28(2)25-13)21(30)29(12-14-4-6-18(7-5-14)33(3,31)32)17-10-15(9-16(22)11-17)20-23-26-27-24-20/h4-11H,12H2,1-3H3,(H,23,24,26,27). The normalized spacial score (nSPS) is 11.5. The number of benzene rings is 2. The lowest BCUT2D eigenvalue weighted by molar-refractivity contribution is 0.0976. The second kappa shape index (κ2) is 8.54. The minimum atomic E-state index is -3.36. The van der Waals surface area contributed by atoms with Gasteiger partial charge in [-0.1, -0.05) is 12.1 Å². The van der Waals surface area contributed by atoms with Gasteiger partial charge in [-0.25, -0.2) is 12.8 Å². The van der Waals surface area contributed by atoms with Crippen LogP contribution in [0.2, 0.25) is 0 Å². The molecule has 0 aliphatic carbocycles. The van der Waals surface area contributed by atoms with Gasteiger partial charge in [-0.2, -0.15) is 10.3 Å². The molecule has 2 aromatic carbocycles. The molecule has 10 nitrogen and oxygen atoms in total. The van der Waals surface area contributed by atoms with Gasteiger partial charge >= 0.3 is 0 Å². The molecule has 0 aliphatic heterocycles. The number of carbonyl (C=O) groups excluding carboxylic acids is 1. The summed E-state index contributed by atoms with van der Waals surface area (Å²) in [6, 6.07) is 11.9. The maximum Gasteiger partial charge on any atom is 0.276 e. The number of aromatic amines is 1. The number of nitrogens with one attached hydrogen (secondary N) is 1. The topological polar surface area (TPSA) is 127 Å². The monoisotopic (exact) mass is 469 g/mol. The van der Waals surface area contributed by atoms with Crippen molar-refractivity contribution in [1.82, 2.24) is 30.4 Å². The van der Waals surface area contributed by atoms with Gasteiger partial charge in [-0.05, 0) is 54.1 Å². The molecule has 33 heavy (non-hydrogen) atoms. The molecule has 0 saturated heterocycles. The first-order chi connectivity index (χ1) is 15.6. The molecule has 170 valence electrons. The van der Waals surface area contributed by atoms with Crippen molar-refractivity contribution in [3.05, 3.63) is 71.3 Å². The second-order valence-electron chi connectivity index (χ2n) is 7.54. The molecule has 0 saturated carbocycles. The summed E-state index contributed by atoms with van der Waals surface area (Å²) in [5.41, 5.74) is 2.23. The number of aromatic nitrogens is 6. The molecule has 4 rings (SSSR count). The number of amides is 1. The van der Waals surface area contributed by atoms with Crippen LogP contribution in [0.1, 0.15) is 21.7 Å². The lowest BCUT2D eigenvalue weighted by Crippen LogP contribution is -2.32. The zero-order chi connectivity index (χ0) is 23.8. The number of halogens is 1.